The average molecular weight is 413 g/mol. The number of hydrazone groups is 1. The van der Waals surface area contributed by atoms with E-state index >= 15 is 0 Å². The first-order chi connectivity index (χ1) is 14.8. The van der Waals surface area contributed by atoms with Gasteiger partial charge in [0.05, 0.1) is 27.2 Å². The number of carbonyl (C=O) groups is 1. The maximum atomic E-state index is 13.5. The van der Waals surface area contributed by atoms with Gasteiger partial charge in [-0.25, -0.2) is 5.01 Å². The van der Waals surface area contributed by atoms with Crippen LogP contribution in [0.5, 0.6) is 0 Å². The summed E-state index contributed by atoms with van der Waals surface area (Å²) in [4.78, 5) is 23.7. The van der Waals surface area contributed by atoms with Gasteiger partial charge in [0.25, 0.3) is 5.91 Å². The first kappa shape index (κ1) is 18.6. The Morgan fingerprint density at radius 2 is 2.03 bits per heavy atom. The van der Waals surface area contributed by atoms with E-state index in [1.807, 2.05) is 48.7 Å². The number of hydrogen-bond donors (Lipinski definition) is 0. The van der Waals surface area contributed by atoms with Crippen LogP contribution in [0, 0.1) is 5.92 Å². The molecule has 0 fully saturated rings. The molecule has 2 aliphatic rings. The predicted molar refractivity (Wildman–Crippen MR) is 119 cm³/mol. The minimum Gasteiger partial charge on any atom is -0.266 e. The summed E-state index contributed by atoms with van der Waals surface area (Å²) < 4.78 is 0. The molecule has 4 heterocycles. The van der Waals surface area contributed by atoms with Crippen molar-refractivity contribution < 1.29 is 4.79 Å². The lowest BCUT2D eigenvalue weighted by molar-refractivity contribution is 0.0681. The molecule has 30 heavy (non-hydrogen) atoms. The van der Waals surface area contributed by atoms with Gasteiger partial charge in [0.2, 0.25) is 0 Å². The van der Waals surface area contributed by atoms with Crippen LogP contribution >= 0.6 is 11.3 Å². The Morgan fingerprint density at radius 3 is 2.80 bits per heavy atom. The minimum atomic E-state index is -0.0611. The molecule has 2 unspecified atom stereocenters. The summed E-state index contributed by atoms with van der Waals surface area (Å²) in [5, 5.41) is 6.45. The van der Waals surface area contributed by atoms with Gasteiger partial charge in [-0.3, -0.25) is 14.8 Å². The van der Waals surface area contributed by atoms with Gasteiger partial charge >= 0.3 is 0 Å². The topological polar surface area (TPSA) is 58.5 Å². The van der Waals surface area contributed by atoms with Gasteiger partial charge in [-0.15, -0.1) is 11.3 Å². The Bertz CT molecular complexity index is 1130. The zero-order valence-corrected chi connectivity index (χ0v) is 17.1. The number of rotatable bonds is 4. The molecule has 0 radical (unpaired) electrons. The van der Waals surface area contributed by atoms with Crippen LogP contribution in [0.2, 0.25) is 0 Å². The molecule has 0 aromatic carbocycles. The lowest BCUT2D eigenvalue weighted by Crippen LogP contribution is -2.37. The fourth-order valence-electron chi connectivity index (χ4n) is 3.86. The maximum absolute atomic E-state index is 13.5. The van der Waals surface area contributed by atoms with Crippen LogP contribution in [-0.2, 0) is 0 Å². The first-order valence-electron chi connectivity index (χ1n) is 9.95. The second-order valence-electron chi connectivity index (χ2n) is 7.30. The van der Waals surface area contributed by atoms with Gasteiger partial charge in [0.1, 0.15) is 0 Å². The van der Waals surface area contributed by atoms with Crippen LogP contribution in [0.1, 0.15) is 28.1 Å². The van der Waals surface area contributed by atoms with Crippen molar-refractivity contribution in [1.82, 2.24) is 15.0 Å². The van der Waals surface area contributed by atoms with Crippen molar-refractivity contribution in [1.29, 1.82) is 0 Å². The third kappa shape index (κ3) is 3.62. The van der Waals surface area contributed by atoms with E-state index < -0.39 is 0 Å². The van der Waals surface area contributed by atoms with E-state index in [-0.39, 0.29) is 17.9 Å². The quantitative estimate of drug-likeness (QED) is 0.609. The van der Waals surface area contributed by atoms with Crippen molar-refractivity contribution in [3.63, 3.8) is 0 Å². The number of amides is 1. The van der Waals surface area contributed by atoms with Gasteiger partial charge in [0, 0.05) is 36.5 Å². The van der Waals surface area contributed by atoms with Gasteiger partial charge < -0.3 is 0 Å². The Labute approximate surface area is 179 Å². The van der Waals surface area contributed by atoms with Crippen LogP contribution in [0.25, 0.3) is 10.6 Å². The Balaban J connectivity index is 1.46. The fourth-order valence-corrected chi connectivity index (χ4v) is 4.78. The number of pyridine rings is 2. The maximum Gasteiger partial charge on any atom is 0.284 e. The van der Waals surface area contributed by atoms with Crippen molar-refractivity contribution in [2.24, 2.45) is 11.0 Å². The highest BCUT2D eigenvalue weighted by Gasteiger charge is 2.37. The van der Waals surface area contributed by atoms with Gasteiger partial charge in [-0.05, 0) is 36.8 Å². The second-order valence-corrected chi connectivity index (χ2v) is 8.38. The molecule has 3 aromatic rings. The molecule has 2 atom stereocenters. The summed E-state index contributed by atoms with van der Waals surface area (Å²) in [6, 6.07) is 13.5. The summed E-state index contributed by atoms with van der Waals surface area (Å²) >= 11 is 1.46. The van der Waals surface area contributed by atoms with Crippen molar-refractivity contribution in [2.45, 2.75) is 18.9 Å². The second kappa shape index (κ2) is 8.16. The molecular formula is C24H20N4OS. The zero-order valence-electron chi connectivity index (χ0n) is 16.3. The molecule has 148 valence electrons. The Hall–Kier alpha value is -3.38. The average Bonchev–Trinajstić information content (AvgIpc) is 3.49. The van der Waals surface area contributed by atoms with Crippen molar-refractivity contribution in [3.05, 3.63) is 95.8 Å². The molecule has 0 saturated carbocycles. The largest absolute Gasteiger partial charge is 0.284 e. The summed E-state index contributed by atoms with van der Waals surface area (Å²) in [6.07, 6.45) is 15.4. The van der Waals surface area contributed by atoms with E-state index in [9.17, 15) is 4.79 Å². The van der Waals surface area contributed by atoms with Crippen LogP contribution in [0.15, 0.2) is 90.5 Å². The lowest BCUT2D eigenvalue weighted by Gasteiger charge is -2.27. The van der Waals surface area contributed by atoms with E-state index in [1.54, 1.807) is 17.4 Å². The Kier molecular flexibility index (Phi) is 5.07. The lowest BCUT2D eigenvalue weighted by atomic mass is 9.89. The third-order valence-electron chi connectivity index (χ3n) is 5.39. The summed E-state index contributed by atoms with van der Waals surface area (Å²) in [5.74, 6) is 0.182. The van der Waals surface area contributed by atoms with E-state index in [4.69, 9.17) is 5.10 Å². The zero-order chi connectivity index (χ0) is 20.3. The molecule has 5 rings (SSSR count). The SMILES string of the molecule is O=C(c1ccc(-c2ccccn2)s1)N1N=C(c2cccnc2)CC1C1C=CC=CC1. The highest BCUT2D eigenvalue weighted by Crippen LogP contribution is 2.33. The molecule has 3 aromatic heterocycles. The van der Waals surface area contributed by atoms with E-state index in [0.717, 1.165) is 34.7 Å². The van der Waals surface area contributed by atoms with Crippen LogP contribution < -0.4 is 0 Å². The third-order valence-corrected chi connectivity index (χ3v) is 6.49. The number of aromatic nitrogens is 2. The molecule has 1 amide bonds. The first-order valence-corrected chi connectivity index (χ1v) is 10.8. The molecule has 5 nitrogen and oxygen atoms in total. The highest BCUT2D eigenvalue weighted by atomic mass is 32.1. The number of carbonyl (C=O) groups excluding carboxylic acids is 1. The van der Waals surface area contributed by atoms with E-state index in [0.29, 0.717) is 4.88 Å². The summed E-state index contributed by atoms with van der Waals surface area (Å²) in [6.45, 7) is 0. The number of allylic oxidation sites excluding steroid dienone is 3. The van der Waals surface area contributed by atoms with E-state index in [1.165, 1.54) is 11.3 Å². The van der Waals surface area contributed by atoms with Crippen molar-refractivity contribution in [3.8, 4) is 10.6 Å². The molecule has 0 saturated heterocycles. The highest BCUT2D eigenvalue weighted by molar-refractivity contribution is 7.17. The molecular weight excluding hydrogens is 392 g/mol. The Morgan fingerprint density at radius 1 is 1.07 bits per heavy atom. The monoisotopic (exact) mass is 412 g/mol. The van der Waals surface area contributed by atoms with Crippen molar-refractivity contribution in [2.75, 3.05) is 0 Å². The van der Waals surface area contributed by atoms with Gasteiger partial charge in [-0.1, -0.05) is 36.4 Å². The molecule has 6 heteroatoms. The minimum absolute atomic E-state index is 0.00527. The fraction of sp³-hybridized carbons (Fsp3) is 0.167. The van der Waals surface area contributed by atoms with Crippen LogP contribution in [0.3, 0.4) is 0 Å². The predicted octanol–water partition coefficient (Wildman–Crippen LogP) is 4.96. The number of thiophene rings is 1. The summed E-state index contributed by atoms with van der Waals surface area (Å²) in [7, 11) is 0. The van der Waals surface area contributed by atoms with Gasteiger partial charge in [0.15, 0.2) is 0 Å². The molecule has 0 spiro atoms. The normalized spacial score (nSPS) is 20.4. The summed E-state index contributed by atoms with van der Waals surface area (Å²) in [5.41, 5.74) is 2.75. The smallest absolute Gasteiger partial charge is 0.266 e. The molecule has 0 N–H and O–H groups in total. The van der Waals surface area contributed by atoms with Gasteiger partial charge in [-0.2, -0.15) is 5.10 Å². The van der Waals surface area contributed by atoms with Crippen molar-refractivity contribution >= 4 is 23.0 Å². The standard InChI is InChI=1S/C24H20N4OS/c29-24(23-12-11-22(30-23)19-10-4-5-14-26-19)28-21(17-7-2-1-3-8-17)15-20(27-28)18-9-6-13-25-16-18/h1-7,9-14,16-17,21H,8,15H2. The van der Waals surface area contributed by atoms with Crippen LogP contribution in [-0.4, -0.2) is 32.6 Å². The molecule has 1 aliphatic carbocycles. The molecule has 1 aliphatic heterocycles. The molecule has 0 bridgehead atoms. The number of nitrogens with zero attached hydrogens (tertiary/aromatic N) is 4. The van der Waals surface area contributed by atoms with E-state index in [2.05, 4.69) is 34.3 Å². The van der Waals surface area contributed by atoms with Crippen LogP contribution in [0.4, 0.5) is 0 Å². The number of hydrogen-bond acceptors (Lipinski definition) is 5.